The van der Waals surface area contributed by atoms with Gasteiger partial charge in [0.25, 0.3) is 5.91 Å². The first-order valence-corrected chi connectivity index (χ1v) is 7.74. The first-order chi connectivity index (χ1) is 9.54. The maximum atomic E-state index is 12.4. The van der Waals surface area contributed by atoms with Crippen molar-refractivity contribution in [2.24, 2.45) is 0 Å². The lowest BCUT2D eigenvalue weighted by Gasteiger charge is -2.10. The van der Waals surface area contributed by atoms with Gasteiger partial charge in [-0.3, -0.25) is 4.79 Å². The molecule has 0 atom stereocenters. The highest BCUT2D eigenvalue weighted by Crippen LogP contribution is 2.37. The first-order valence-electron chi connectivity index (χ1n) is 6.28. The van der Waals surface area contributed by atoms with Gasteiger partial charge in [0.1, 0.15) is 5.69 Å². The molecule has 4 nitrogen and oxygen atoms in total. The summed E-state index contributed by atoms with van der Waals surface area (Å²) < 4.78 is 2.97. The van der Waals surface area contributed by atoms with Crippen LogP contribution in [0, 0.1) is 3.57 Å². The van der Waals surface area contributed by atoms with Crippen molar-refractivity contribution in [3.05, 3.63) is 44.7 Å². The molecule has 0 spiro atoms. The van der Waals surface area contributed by atoms with E-state index >= 15 is 0 Å². The van der Waals surface area contributed by atoms with Crippen LogP contribution in [0.1, 0.15) is 29.4 Å². The molecular formula is C14H13ClIN3O. The minimum absolute atomic E-state index is 0.184. The zero-order valence-electron chi connectivity index (χ0n) is 10.6. The van der Waals surface area contributed by atoms with E-state index in [9.17, 15) is 4.79 Å². The number of hydrogen-bond donors (Lipinski definition) is 2. The number of carbonyl (C=O) groups excluding carboxylic acids is 1. The number of amides is 1. The highest BCUT2D eigenvalue weighted by molar-refractivity contribution is 14.1. The van der Waals surface area contributed by atoms with Gasteiger partial charge in [0.05, 0.1) is 16.4 Å². The Morgan fingerprint density at radius 1 is 1.40 bits per heavy atom. The van der Waals surface area contributed by atoms with Crippen LogP contribution in [0.2, 0.25) is 5.02 Å². The number of nitrogens with two attached hydrogens (primary N) is 1. The molecule has 1 saturated carbocycles. The average molecular weight is 402 g/mol. The Morgan fingerprint density at radius 2 is 2.15 bits per heavy atom. The van der Waals surface area contributed by atoms with E-state index < -0.39 is 0 Å². The second-order valence-electron chi connectivity index (χ2n) is 4.88. The van der Waals surface area contributed by atoms with Crippen LogP contribution in [0.3, 0.4) is 0 Å². The summed E-state index contributed by atoms with van der Waals surface area (Å²) >= 11 is 8.31. The molecule has 0 saturated heterocycles. The van der Waals surface area contributed by atoms with Gasteiger partial charge in [0.2, 0.25) is 0 Å². The van der Waals surface area contributed by atoms with E-state index in [1.54, 1.807) is 12.1 Å². The van der Waals surface area contributed by atoms with E-state index in [1.807, 2.05) is 22.9 Å². The maximum absolute atomic E-state index is 12.4. The summed E-state index contributed by atoms with van der Waals surface area (Å²) in [6.45, 7) is 0. The third-order valence-corrected chi connectivity index (χ3v) is 4.21. The molecule has 0 aliphatic heterocycles. The molecule has 0 radical (unpaired) electrons. The van der Waals surface area contributed by atoms with E-state index in [2.05, 4.69) is 27.9 Å². The van der Waals surface area contributed by atoms with Crippen molar-refractivity contribution in [3.8, 4) is 0 Å². The van der Waals surface area contributed by atoms with Gasteiger partial charge in [-0.2, -0.15) is 0 Å². The Kier molecular flexibility index (Phi) is 3.64. The number of aromatic nitrogens is 1. The lowest BCUT2D eigenvalue weighted by molar-refractivity contribution is 0.101. The number of nitrogen functional groups attached to an aromatic ring is 1. The van der Waals surface area contributed by atoms with Gasteiger partial charge in [0, 0.05) is 15.8 Å². The molecule has 0 unspecified atom stereocenters. The molecule has 6 heteroatoms. The largest absolute Gasteiger partial charge is 0.397 e. The van der Waals surface area contributed by atoms with Crippen LogP contribution in [0.25, 0.3) is 0 Å². The summed E-state index contributed by atoms with van der Waals surface area (Å²) in [6, 6.07) is 7.62. The van der Waals surface area contributed by atoms with Gasteiger partial charge in [-0.1, -0.05) is 11.6 Å². The Balaban J connectivity index is 1.86. The summed E-state index contributed by atoms with van der Waals surface area (Å²) in [4.78, 5) is 12.4. The lowest BCUT2D eigenvalue weighted by Crippen LogP contribution is -2.16. The molecule has 2 aromatic rings. The smallest absolute Gasteiger partial charge is 0.272 e. The van der Waals surface area contributed by atoms with Crippen molar-refractivity contribution >= 4 is 51.5 Å². The van der Waals surface area contributed by atoms with Gasteiger partial charge in [-0.15, -0.1) is 0 Å². The normalized spacial score (nSPS) is 14.3. The molecule has 104 valence electrons. The van der Waals surface area contributed by atoms with Gasteiger partial charge in [0.15, 0.2) is 0 Å². The van der Waals surface area contributed by atoms with Crippen LogP contribution < -0.4 is 11.1 Å². The zero-order chi connectivity index (χ0) is 14.3. The van der Waals surface area contributed by atoms with Crippen LogP contribution in [0.15, 0.2) is 30.5 Å². The molecule has 0 bridgehead atoms. The standard InChI is InChI=1S/C14H13ClIN3O/c15-11-5-8(16)1-4-12(11)18-14(20)13-6-9(17)7-19(13)10-2-3-10/h1,4-7,10H,2-3,17H2,(H,18,20). The predicted molar refractivity (Wildman–Crippen MR) is 89.2 cm³/mol. The predicted octanol–water partition coefficient (Wildman–Crippen LogP) is 3.92. The SMILES string of the molecule is Nc1cc(C(=O)Nc2ccc(I)cc2Cl)n(C2CC2)c1. The minimum atomic E-state index is -0.184. The molecule has 1 aliphatic carbocycles. The molecule has 1 aromatic carbocycles. The zero-order valence-corrected chi connectivity index (χ0v) is 13.5. The van der Waals surface area contributed by atoms with Gasteiger partial charge >= 0.3 is 0 Å². The van der Waals surface area contributed by atoms with E-state index in [-0.39, 0.29) is 5.91 Å². The van der Waals surface area contributed by atoms with Crippen LogP contribution in [0.4, 0.5) is 11.4 Å². The van der Waals surface area contributed by atoms with E-state index in [1.165, 1.54) is 0 Å². The highest BCUT2D eigenvalue weighted by atomic mass is 127. The quantitative estimate of drug-likeness (QED) is 0.766. The van der Waals surface area contributed by atoms with Crippen molar-refractivity contribution in [1.29, 1.82) is 0 Å². The van der Waals surface area contributed by atoms with Crippen molar-refractivity contribution in [3.63, 3.8) is 0 Å². The second-order valence-corrected chi connectivity index (χ2v) is 6.53. The average Bonchev–Trinajstić information content (AvgIpc) is 3.16. The van der Waals surface area contributed by atoms with Gasteiger partial charge < -0.3 is 15.6 Å². The molecule has 1 aliphatic rings. The Bertz CT molecular complexity index is 679. The number of halogens is 2. The monoisotopic (exact) mass is 401 g/mol. The van der Waals surface area contributed by atoms with Gasteiger partial charge in [-0.25, -0.2) is 0 Å². The van der Waals surface area contributed by atoms with Crippen LogP contribution in [-0.4, -0.2) is 10.5 Å². The summed E-state index contributed by atoms with van der Waals surface area (Å²) in [6.07, 6.45) is 4.01. The van der Waals surface area contributed by atoms with Crippen LogP contribution in [-0.2, 0) is 0 Å². The first kappa shape index (κ1) is 13.8. The fourth-order valence-corrected chi connectivity index (χ4v) is 3.02. The molecule has 20 heavy (non-hydrogen) atoms. The maximum Gasteiger partial charge on any atom is 0.272 e. The van der Waals surface area contributed by atoms with Gasteiger partial charge in [-0.05, 0) is 59.7 Å². The number of anilines is 2. The summed E-state index contributed by atoms with van der Waals surface area (Å²) in [5.74, 6) is -0.184. The molecule has 1 heterocycles. The number of nitrogens with one attached hydrogen (secondary N) is 1. The van der Waals surface area contributed by atoms with Crippen molar-refractivity contribution in [1.82, 2.24) is 4.57 Å². The molecule has 3 rings (SSSR count). The number of carbonyl (C=O) groups is 1. The fourth-order valence-electron chi connectivity index (χ4n) is 2.11. The number of nitrogens with zero attached hydrogens (tertiary/aromatic N) is 1. The van der Waals surface area contributed by atoms with E-state index in [4.69, 9.17) is 17.3 Å². The van der Waals surface area contributed by atoms with Crippen molar-refractivity contribution in [2.75, 3.05) is 11.1 Å². The highest BCUT2D eigenvalue weighted by Gasteiger charge is 2.27. The van der Waals surface area contributed by atoms with Crippen LogP contribution >= 0.6 is 34.2 Å². The van der Waals surface area contributed by atoms with E-state index in [0.29, 0.717) is 28.1 Å². The molecule has 1 fully saturated rings. The fraction of sp³-hybridized carbons (Fsp3) is 0.214. The van der Waals surface area contributed by atoms with Crippen LogP contribution in [0.5, 0.6) is 0 Å². The van der Waals surface area contributed by atoms with Crippen molar-refractivity contribution < 1.29 is 4.79 Å². The molecular weight excluding hydrogens is 389 g/mol. The third-order valence-electron chi connectivity index (χ3n) is 3.22. The van der Waals surface area contributed by atoms with Crippen molar-refractivity contribution in [2.45, 2.75) is 18.9 Å². The summed E-state index contributed by atoms with van der Waals surface area (Å²) in [5, 5.41) is 3.37. The number of rotatable bonds is 3. The third kappa shape index (κ3) is 2.78. The lowest BCUT2D eigenvalue weighted by atomic mass is 10.3. The molecule has 3 N–H and O–H groups in total. The van der Waals surface area contributed by atoms with E-state index in [0.717, 1.165) is 16.4 Å². The minimum Gasteiger partial charge on any atom is -0.397 e. The molecule has 1 amide bonds. The molecule has 1 aromatic heterocycles. The Morgan fingerprint density at radius 3 is 2.80 bits per heavy atom. The number of benzene rings is 1. The Hall–Kier alpha value is -1.21. The number of hydrogen-bond acceptors (Lipinski definition) is 2. The summed E-state index contributed by atoms with van der Waals surface area (Å²) in [5.41, 5.74) is 7.60. The Labute approximate surface area is 135 Å². The second kappa shape index (κ2) is 5.29. The summed E-state index contributed by atoms with van der Waals surface area (Å²) in [7, 11) is 0. The topological polar surface area (TPSA) is 60.1 Å².